The smallest absolute Gasteiger partial charge is 0.317 e. The standard InChI is InChI=1S/C19H29N3O3/c1-3-11-20-19(24)22-12-9-16(10-13-22)21-18(23)8-7-15-5-4-6-17(14-15)25-2/h4-6,14,16H,3,7-13H2,1-2H3,(H,20,24)(H,21,23). The number of methoxy groups -OCH3 is 1. The van der Waals surface area contributed by atoms with Crippen LogP contribution < -0.4 is 15.4 Å². The maximum Gasteiger partial charge on any atom is 0.317 e. The Balaban J connectivity index is 1.69. The molecule has 3 amide bonds. The largest absolute Gasteiger partial charge is 0.497 e. The lowest BCUT2D eigenvalue weighted by Crippen LogP contribution is -2.49. The highest BCUT2D eigenvalue weighted by atomic mass is 16.5. The summed E-state index contributed by atoms with van der Waals surface area (Å²) in [6.45, 7) is 4.13. The molecule has 1 aromatic rings. The highest BCUT2D eigenvalue weighted by Gasteiger charge is 2.23. The van der Waals surface area contributed by atoms with Crippen LogP contribution in [-0.2, 0) is 11.2 Å². The molecule has 6 heteroatoms. The van der Waals surface area contributed by atoms with Gasteiger partial charge < -0.3 is 20.3 Å². The van der Waals surface area contributed by atoms with Crippen molar-refractivity contribution in [2.75, 3.05) is 26.7 Å². The number of rotatable bonds is 7. The molecule has 0 spiro atoms. The molecule has 1 aromatic carbocycles. The lowest BCUT2D eigenvalue weighted by molar-refractivity contribution is -0.122. The predicted molar refractivity (Wildman–Crippen MR) is 97.7 cm³/mol. The van der Waals surface area contributed by atoms with Gasteiger partial charge >= 0.3 is 6.03 Å². The molecule has 1 aliphatic rings. The monoisotopic (exact) mass is 347 g/mol. The van der Waals surface area contributed by atoms with Gasteiger partial charge in [-0.05, 0) is 43.4 Å². The van der Waals surface area contributed by atoms with Gasteiger partial charge in [0.05, 0.1) is 7.11 Å². The van der Waals surface area contributed by atoms with Crippen LogP contribution in [0.1, 0.15) is 38.2 Å². The van der Waals surface area contributed by atoms with E-state index in [0.29, 0.717) is 32.5 Å². The summed E-state index contributed by atoms with van der Waals surface area (Å²) in [6, 6.07) is 7.96. The number of likely N-dealkylation sites (tertiary alicyclic amines) is 1. The molecule has 0 unspecified atom stereocenters. The molecule has 25 heavy (non-hydrogen) atoms. The predicted octanol–water partition coefficient (Wildman–Crippen LogP) is 2.33. The van der Waals surface area contributed by atoms with Crippen LogP contribution in [0.2, 0.25) is 0 Å². The number of carbonyl (C=O) groups excluding carboxylic acids is 2. The van der Waals surface area contributed by atoms with Crippen LogP contribution in [-0.4, -0.2) is 49.6 Å². The van der Waals surface area contributed by atoms with Crippen molar-refractivity contribution >= 4 is 11.9 Å². The minimum atomic E-state index is 0.00431. The maximum atomic E-state index is 12.2. The van der Waals surface area contributed by atoms with E-state index in [1.807, 2.05) is 36.1 Å². The van der Waals surface area contributed by atoms with Crippen LogP contribution in [0.15, 0.2) is 24.3 Å². The molecule has 1 fully saturated rings. The molecule has 0 aromatic heterocycles. The first-order valence-electron chi connectivity index (χ1n) is 9.07. The first-order valence-corrected chi connectivity index (χ1v) is 9.07. The van der Waals surface area contributed by atoms with Gasteiger partial charge in [0.2, 0.25) is 5.91 Å². The van der Waals surface area contributed by atoms with E-state index in [2.05, 4.69) is 10.6 Å². The van der Waals surface area contributed by atoms with Gasteiger partial charge in [-0.15, -0.1) is 0 Å². The number of hydrogen-bond donors (Lipinski definition) is 2. The van der Waals surface area contributed by atoms with E-state index in [9.17, 15) is 9.59 Å². The Hall–Kier alpha value is -2.24. The molecule has 1 heterocycles. The number of piperidine rings is 1. The van der Waals surface area contributed by atoms with Crippen LogP contribution in [0.5, 0.6) is 5.75 Å². The van der Waals surface area contributed by atoms with Crippen molar-refractivity contribution in [3.05, 3.63) is 29.8 Å². The fourth-order valence-electron chi connectivity index (χ4n) is 2.96. The molecule has 0 bridgehead atoms. The second kappa shape index (κ2) is 9.91. The van der Waals surface area contributed by atoms with E-state index in [0.717, 1.165) is 30.6 Å². The zero-order chi connectivity index (χ0) is 18.1. The van der Waals surface area contributed by atoms with Gasteiger partial charge in [-0.25, -0.2) is 4.79 Å². The third-order valence-electron chi connectivity index (χ3n) is 4.45. The highest BCUT2D eigenvalue weighted by Crippen LogP contribution is 2.14. The summed E-state index contributed by atoms with van der Waals surface area (Å²) in [6.07, 6.45) is 3.71. The Labute approximate surface area is 149 Å². The third kappa shape index (κ3) is 6.29. The molecule has 138 valence electrons. The van der Waals surface area contributed by atoms with Crippen molar-refractivity contribution in [3.8, 4) is 5.75 Å². The Morgan fingerprint density at radius 1 is 1.28 bits per heavy atom. The molecular formula is C19H29N3O3. The second-order valence-electron chi connectivity index (χ2n) is 6.41. The van der Waals surface area contributed by atoms with Crippen LogP contribution in [0.4, 0.5) is 4.79 Å². The van der Waals surface area contributed by atoms with E-state index < -0.39 is 0 Å². The molecular weight excluding hydrogens is 318 g/mol. The first-order chi connectivity index (χ1) is 12.1. The Morgan fingerprint density at radius 3 is 2.72 bits per heavy atom. The SMILES string of the molecule is CCCNC(=O)N1CCC(NC(=O)CCc2cccc(OC)c2)CC1. The highest BCUT2D eigenvalue weighted by molar-refractivity contribution is 5.77. The summed E-state index contributed by atoms with van der Waals surface area (Å²) in [5.74, 6) is 0.878. The number of amides is 3. The van der Waals surface area contributed by atoms with E-state index in [1.54, 1.807) is 7.11 Å². The van der Waals surface area contributed by atoms with Gasteiger partial charge in [0.25, 0.3) is 0 Å². The molecule has 6 nitrogen and oxygen atoms in total. The molecule has 1 saturated heterocycles. The molecule has 0 saturated carbocycles. The quantitative estimate of drug-likeness (QED) is 0.795. The summed E-state index contributed by atoms with van der Waals surface area (Å²) in [5, 5.41) is 5.99. The maximum absolute atomic E-state index is 12.2. The number of hydrogen-bond acceptors (Lipinski definition) is 3. The Morgan fingerprint density at radius 2 is 2.04 bits per heavy atom. The van der Waals surface area contributed by atoms with Gasteiger partial charge in [-0.2, -0.15) is 0 Å². The minimum absolute atomic E-state index is 0.00431. The zero-order valence-electron chi connectivity index (χ0n) is 15.2. The van der Waals surface area contributed by atoms with E-state index in [1.165, 1.54) is 0 Å². The van der Waals surface area contributed by atoms with Crippen LogP contribution in [0.25, 0.3) is 0 Å². The van der Waals surface area contributed by atoms with Crippen molar-refractivity contribution in [1.82, 2.24) is 15.5 Å². The average Bonchev–Trinajstić information content (AvgIpc) is 2.65. The van der Waals surface area contributed by atoms with Crippen LogP contribution in [0.3, 0.4) is 0 Å². The Bertz CT molecular complexity index is 569. The lowest BCUT2D eigenvalue weighted by Gasteiger charge is -2.32. The van der Waals surface area contributed by atoms with Crippen molar-refractivity contribution < 1.29 is 14.3 Å². The number of nitrogens with zero attached hydrogens (tertiary/aromatic N) is 1. The summed E-state index contributed by atoms with van der Waals surface area (Å²) in [7, 11) is 1.64. The second-order valence-corrected chi connectivity index (χ2v) is 6.41. The average molecular weight is 347 g/mol. The first kappa shape index (κ1) is 19.1. The number of nitrogens with one attached hydrogen (secondary N) is 2. The molecule has 2 rings (SSSR count). The zero-order valence-corrected chi connectivity index (χ0v) is 15.2. The third-order valence-corrected chi connectivity index (χ3v) is 4.45. The van der Waals surface area contributed by atoms with E-state index in [-0.39, 0.29) is 18.0 Å². The molecule has 1 aliphatic heterocycles. The van der Waals surface area contributed by atoms with Crippen LogP contribution >= 0.6 is 0 Å². The van der Waals surface area contributed by atoms with Crippen LogP contribution in [0, 0.1) is 0 Å². The normalized spacial score (nSPS) is 14.9. The molecule has 2 N–H and O–H groups in total. The fourth-order valence-corrected chi connectivity index (χ4v) is 2.96. The Kier molecular flexibility index (Phi) is 7.57. The van der Waals surface area contributed by atoms with Gasteiger partial charge in [0.15, 0.2) is 0 Å². The number of carbonyl (C=O) groups is 2. The minimum Gasteiger partial charge on any atom is -0.497 e. The number of ether oxygens (including phenoxy) is 1. The van der Waals surface area contributed by atoms with Crippen molar-refractivity contribution in [3.63, 3.8) is 0 Å². The molecule has 0 atom stereocenters. The van der Waals surface area contributed by atoms with Gasteiger partial charge in [0, 0.05) is 32.1 Å². The van der Waals surface area contributed by atoms with Gasteiger partial charge in [-0.3, -0.25) is 4.79 Å². The van der Waals surface area contributed by atoms with E-state index >= 15 is 0 Å². The topological polar surface area (TPSA) is 70.7 Å². The van der Waals surface area contributed by atoms with Crippen molar-refractivity contribution in [2.45, 2.75) is 45.1 Å². The fraction of sp³-hybridized carbons (Fsp3) is 0.579. The number of aryl methyl sites for hydroxylation is 1. The van der Waals surface area contributed by atoms with E-state index in [4.69, 9.17) is 4.74 Å². The number of urea groups is 1. The van der Waals surface area contributed by atoms with Crippen molar-refractivity contribution in [1.29, 1.82) is 0 Å². The summed E-state index contributed by atoms with van der Waals surface area (Å²) in [5.41, 5.74) is 1.09. The molecule has 0 radical (unpaired) electrons. The van der Waals surface area contributed by atoms with Gasteiger partial charge in [-0.1, -0.05) is 19.1 Å². The number of benzene rings is 1. The lowest BCUT2D eigenvalue weighted by atomic mass is 10.0. The summed E-state index contributed by atoms with van der Waals surface area (Å²) < 4.78 is 5.20. The summed E-state index contributed by atoms with van der Waals surface area (Å²) in [4.78, 5) is 25.9. The summed E-state index contributed by atoms with van der Waals surface area (Å²) >= 11 is 0. The van der Waals surface area contributed by atoms with Crippen molar-refractivity contribution in [2.24, 2.45) is 0 Å². The van der Waals surface area contributed by atoms with Gasteiger partial charge in [0.1, 0.15) is 5.75 Å². The molecule has 0 aliphatic carbocycles.